The molecule has 3 rings (SSSR count). The zero-order valence-corrected chi connectivity index (χ0v) is 16.1. The number of halogens is 1. The molecular weight excluding hydrogens is 391 g/mol. The first kappa shape index (κ1) is 20.8. The minimum Gasteiger partial charge on any atom is -0.459 e. The van der Waals surface area contributed by atoms with E-state index in [0.717, 1.165) is 5.56 Å². The summed E-state index contributed by atoms with van der Waals surface area (Å²) in [6.07, 6.45) is 0.377. The molecule has 0 radical (unpaired) electrons. The molecule has 1 heterocycles. The zero-order valence-electron chi connectivity index (χ0n) is 16.1. The highest BCUT2D eigenvalue weighted by Crippen LogP contribution is 2.13. The molecule has 8 heteroatoms. The number of anilines is 1. The molecule has 1 aromatic heterocycles. The highest BCUT2D eigenvalue weighted by Gasteiger charge is 2.19. The Balaban J connectivity index is 1.50. The Morgan fingerprint density at radius 1 is 1.03 bits per heavy atom. The van der Waals surface area contributed by atoms with Crippen molar-refractivity contribution >= 4 is 23.5 Å². The summed E-state index contributed by atoms with van der Waals surface area (Å²) in [5.74, 6) is -1.77. The molecule has 30 heavy (non-hydrogen) atoms. The Kier molecular flexibility index (Phi) is 6.59. The van der Waals surface area contributed by atoms with E-state index < -0.39 is 23.9 Å². The van der Waals surface area contributed by atoms with Gasteiger partial charge >= 0.3 is 5.97 Å². The number of rotatable bonds is 7. The van der Waals surface area contributed by atoms with E-state index in [4.69, 9.17) is 9.15 Å². The van der Waals surface area contributed by atoms with Gasteiger partial charge in [-0.2, -0.15) is 0 Å². The second-order valence-electron chi connectivity index (χ2n) is 6.40. The molecule has 0 spiro atoms. The SMILES string of the molecule is C[C@H](OC(=O)c1ccc(NC(=O)c2ccco2)cc1)C(=O)NCc1ccc(F)cc1. The van der Waals surface area contributed by atoms with Crippen molar-refractivity contribution in [1.29, 1.82) is 0 Å². The third-order valence-electron chi connectivity index (χ3n) is 4.16. The van der Waals surface area contributed by atoms with Crippen molar-refractivity contribution in [2.24, 2.45) is 0 Å². The summed E-state index contributed by atoms with van der Waals surface area (Å²) >= 11 is 0. The van der Waals surface area contributed by atoms with Gasteiger partial charge in [0.2, 0.25) is 0 Å². The highest BCUT2D eigenvalue weighted by molar-refractivity contribution is 6.02. The summed E-state index contributed by atoms with van der Waals surface area (Å²) in [7, 11) is 0. The van der Waals surface area contributed by atoms with Gasteiger partial charge in [0.25, 0.3) is 11.8 Å². The van der Waals surface area contributed by atoms with Crippen molar-refractivity contribution in [3.05, 3.63) is 89.6 Å². The van der Waals surface area contributed by atoms with Crippen LogP contribution < -0.4 is 10.6 Å². The molecule has 0 saturated heterocycles. The maximum Gasteiger partial charge on any atom is 0.338 e. The van der Waals surface area contributed by atoms with Gasteiger partial charge in [0, 0.05) is 12.2 Å². The van der Waals surface area contributed by atoms with Crippen LogP contribution in [0.5, 0.6) is 0 Å². The second kappa shape index (κ2) is 9.51. The molecule has 2 aromatic carbocycles. The predicted molar refractivity (Wildman–Crippen MR) is 106 cm³/mol. The van der Waals surface area contributed by atoms with Crippen LogP contribution in [-0.2, 0) is 16.1 Å². The minimum atomic E-state index is -1.02. The lowest BCUT2D eigenvalue weighted by atomic mass is 10.2. The Hall–Kier alpha value is -3.94. The maximum atomic E-state index is 12.9. The first-order valence-electron chi connectivity index (χ1n) is 9.10. The molecule has 3 aromatic rings. The third kappa shape index (κ3) is 5.54. The fraction of sp³-hybridized carbons (Fsp3) is 0.136. The summed E-state index contributed by atoms with van der Waals surface area (Å²) in [5.41, 5.74) is 1.41. The van der Waals surface area contributed by atoms with Gasteiger partial charge in [-0.15, -0.1) is 0 Å². The zero-order chi connectivity index (χ0) is 21.5. The molecular formula is C22H19FN2O5. The number of esters is 1. The largest absolute Gasteiger partial charge is 0.459 e. The number of amides is 2. The number of carbonyl (C=O) groups excluding carboxylic acids is 3. The number of carbonyl (C=O) groups is 3. The maximum absolute atomic E-state index is 12.9. The summed E-state index contributed by atoms with van der Waals surface area (Å²) < 4.78 is 23.1. The van der Waals surface area contributed by atoms with E-state index in [0.29, 0.717) is 5.69 Å². The van der Waals surface area contributed by atoms with Gasteiger partial charge in [-0.1, -0.05) is 12.1 Å². The topological polar surface area (TPSA) is 97.6 Å². The molecule has 0 saturated carbocycles. The van der Waals surface area contributed by atoms with Gasteiger partial charge in [0.05, 0.1) is 11.8 Å². The summed E-state index contributed by atoms with van der Waals surface area (Å²) in [6.45, 7) is 1.64. The summed E-state index contributed by atoms with van der Waals surface area (Å²) in [4.78, 5) is 36.3. The number of hydrogen-bond acceptors (Lipinski definition) is 5. The Morgan fingerprint density at radius 2 is 1.73 bits per heavy atom. The number of nitrogens with one attached hydrogen (secondary N) is 2. The lowest BCUT2D eigenvalue weighted by molar-refractivity contribution is -0.129. The van der Waals surface area contributed by atoms with Crippen LogP contribution >= 0.6 is 0 Å². The molecule has 2 amide bonds. The van der Waals surface area contributed by atoms with E-state index in [2.05, 4.69) is 10.6 Å². The van der Waals surface area contributed by atoms with Crippen LogP contribution in [0.2, 0.25) is 0 Å². The van der Waals surface area contributed by atoms with Crippen molar-refractivity contribution in [3.63, 3.8) is 0 Å². The van der Waals surface area contributed by atoms with Gasteiger partial charge < -0.3 is 19.8 Å². The van der Waals surface area contributed by atoms with Gasteiger partial charge in [-0.25, -0.2) is 9.18 Å². The van der Waals surface area contributed by atoms with Gasteiger partial charge in [0.1, 0.15) is 5.82 Å². The molecule has 0 aliphatic carbocycles. The predicted octanol–water partition coefficient (Wildman–Crippen LogP) is 3.53. The van der Waals surface area contributed by atoms with Gasteiger partial charge in [-0.3, -0.25) is 9.59 Å². The fourth-order valence-corrected chi connectivity index (χ4v) is 2.51. The summed E-state index contributed by atoms with van der Waals surface area (Å²) in [5, 5.41) is 5.26. The first-order chi connectivity index (χ1) is 14.4. The number of ether oxygens (including phenoxy) is 1. The van der Waals surface area contributed by atoms with Crippen LogP contribution in [-0.4, -0.2) is 23.9 Å². The van der Waals surface area contributed by atoms with E-state index in [-0.39, 0.29) is 23.7 Å². The number of furan rings is 1. The second-order valence-corrected chi connectivity index (χ2v) is 6.40. The van der Waals surface area contributed by atoms with Crippen molar-refractivity contribution in [1.82, 2.24) is 5.32 Å². The average Bonchev–Trinajstić information content (AvgIpc) is 3.28. The van der Waals surface area contributed by atoms with E-state index >= 15 is 0 Å². The Morgan fingerprint density at radius 3 is 2.37 bits per heavy atom. The first-order valence-corrected chi connectivity index (χ1v) is 9.10. The van der Waals surface area contributed by atoms with Crippen LogP contribution in [0.1, 0.15) is 33.4 Å². The monoisotopic (exact) mass is 410 g/mol. The standard InChI is InChI=1S/C22H19FN2O5/c1-14(20(26)24-13-15-4-8-17(23)9-5-15)30-22(28)16-6-10-18(11-7-16)25-21(27)19-3-2-12-29-19/h2-12,14H,13H2,1H3,(H,24,26)(H,25,27)/t14-/m0/s1. The molecule has 1 atom stereocenters. The molecule has 0 unspecified atom stereocenters. The Labute approximate surface area is 171 Å². The smallest absolute Gasteiger partial charge is 0.338 e. The van der Waals surface area contributed by atoms with Crippen LogP contribution in [0.4, 0.5) is 10.1 Å². The summed E-state index contributed by atoms with van der Waals surface area (Å²) in [6, 6.07) is 14.9. The van der Waals surface area contributed by atoms with Crippen molar-refractivity contribution in [2.75, 3.05) is 5.32 Å². The van der Waals surface area contributed by atoms with Crippen molar-refractivity contribution in [2.45, 2.75) is 19.6 Å². The van der Waals surface area contributed by atoms with Crippen LogP contribution in [0, 0.1) is 5.82 Å². The average molecular weight is 410 g/mol. The molecule has 0 aliphatic heterocycles. The highest BCUT2D eigenvalue weighted by atomic mass is 19.1. The van der Waals surface area contributed by atoms with E-state index in [1.165, 1.54) is 55.7 Å². The van der Waals surface area contributed by atoms with Gasteiger partial charge in [-0.05, 0) is 61.0 Å². The molecule has 0 bridgehead atoms. The Bertz CT molecular complexity index is 1010. The quantitative estimate of drug-likeness (QED) is 0.581. The van der Waals surface area contributed by atoms with E-state index in [9.17, 15) is 18.8 Å². The van der Waals surface area contributed by atoms with E-state index in [1.807, 2.05) is 0 Å². The van der Waals surface area contributed by atoms with Crippen LogP contribution in [0.25, 0.3) is 0 Å². The number of benzene rings is 2. The van der Waals surface area contributed by atoms with Crippen LogP contribution in [0.3, 0.4) is 0 Å². The van der Waals surface area contributed by atoms with Gasteiger partial charge in [0.15, 0.2) is 11.9 Å². The fourth-order valence-electron chi connectivity index (χ4n) is 2.51. The van der Waals surface area contributed by atoms with Crippen molar-refractivity contribution < 1.29 is 27.9 Å². The molecule has 0 fully saturated rings. The lowest BCUT2D eigenvalue weighted by Crippen LogP contribution is -2.35. The minimum absolute atomic E-state index is 0.166. The van der Waals surface area contributed by atoms with Crippen molar-refractivity contribution in [3.8, 4) is 0 Å². The molecule has 2 N–H and O–H groups in total. The van der Waals surface area contributed by atoms with E-state index in [1.54, 1.807) is 18.2 Å². The number of hydrogen-bond donors (Lipinski definition) is 2. The molecule has 7 nitrogen and oxygen atoms in total. The van der Waals surface area contributed by atoms with Crippen LogP contribution in [0.15, 0.2) is 71.3 Å². The molecule has 154 valence electrons. The molecule has 0 aliphatic rings. The normalized spacial score (nSPS) is 11.4. The third-order valence-corrected chi connectivity index (χ3v) is 4.16. The lowest BCUT2D eigenvalue weighted by Gasteiger charge is -2.14.